The number of benzene rings is 2. The Hall–Kier alpha value is -2.56. The highest BCUT2D eigenvalue weighted by atomic mass is 19.1. The first-order chi connectivity index (χ1) is 12.6. The predicted octanol–water partition coefficient (Wildman–Crippen LogP) is 3.84. The molecule has 0 aromatic heterocycles. The monoisotopic (exact) mass is 357 g/mol. The minimum Gasteiger partial charge on any atom is -0.496 e. The molecule has 1 N–H and O–H groups in total. The summed E-state index contributed by atoms with van der Waals surface area (Å²) >= 11 is 0. The van der Waals surface area contributed by atoms with E-state index in [9.17, 15) is 9.18 Å². The van der Waals surface area contributed by atoms with Crippen molar-refractivity contribution in [2.45, 2.75) is 31.1 Å². The molecule has 4 nitrogen and oxygen atoms in total. The Kier molecular flexibility index (Phi) is 5.76. The summed E-state index contributed by atoms with van der Waals surface area (Å²) in [7, 11) is 1.67. The molecule has 1 saturated carbocycles. The first-order valence-electron chi connectivity index (χ1n) is 8.92. The van der Waals surface area contributed by atoms with Crippen LogP contribution in [0.1, 0.15) is 31.2 Å². The Morgan fingerprint density at radius 1 is 1.08 bits per heavy atom. The normalized spacial score (nSPS) is 15.5. The van der Waals surface area contributed by atoms with Gasteiger partial charge in [0, 0.05) is 17.5 Å². The molecule has 0 aliphatic heterocycles. The third-order valence-electron chi connectivity index (χ3n) is 5.06. The van der Waals surface area contributed by atoms with E-state index in [1.165, 1.54) is 12.1 Å². The maximum absolute atomic E-state index is 13.6. The second kappa shape index (κ2) is 8.21. The van der Waals surface area contributed by atoms with Crippen LogP contribution in [-0.4, -0.2) is 26.2 Å². The summed E-state index contributed by atoms with van der Waals surface area (Å²) in [5.41, 5.74) is 1.01. The number of nitrogens with one attached hydrogen (secondary N) is 1. The lowest BCUT2D eigenvalue weighted by Crippen LogP contribution is -2.41. The third-order valence-corrected chi connectivity index (χ3v) is 5.06. The van der Waals surface area contributed by atoms with Crippen molar-refractivity contribution >= 4 is 5.91 Å². The summed E-state index contributed by atoms with van der Waals surface area (Å²) in [5.74, 6) is 0.213. The molecule has 1 aliphatic carbocycles. The largest absolute Gasteiger partial charge is 0.496 e. The van der Waals surface area contributed by atoms with E-state index >= 15 is 0 Å². The zero-order valence-corrected chi connectivity index (χ0v) is 15.0. The van der Waals surface area contributed by atoms with Gasteiger partial charge in [0.2, 0.25) is 0 Å². The van der Waals surface area contributed by atoms with E-state index in [2.05, 4.69) is 11.4 Å². The van der Waals surface area contributed by atoms with Crippen molar-refractivity contribution in [1.29, 1.82) is 0 Å². The van der Waals surface area contributed by atoms with Gasteiger partial charge in [-0.3, -0.25) is 4.79 Å². The highest BCUT2D eigenvalue weighted by molar-refractivity contribution is 5.77. The highest BCUT2D eigenvalue weighted by Crippen LogP contribution is 2.44. The van der Waals surface area contributed by atoms with Crippen molar-refractivity contribution in [3.8, 4) is 11.5 Å². The number of rotatable bonds is 7. The number of amides is 1. The summed E-state index contributed by atoms with van der Waals surface area (Å²) in [6.07, 6.45) is 4.25. The molecule has 0 saturated heterocycles. The average molecular weight is 357 g/mol. The van der Waals surface area contributed by atoms with Crippen molar-refractivity contribution in [2.24, 2.45) is 0 Å². The van der Waals surface area contributed by atoms with Crippen LogP contribution in [-0.2, 0) is 10.2 Å². The summed E-state index contributed by atoms with van der Waals surface area (Å²) in [6.45, 7) is 0.315. The topological polar surface area (TPSA) is 47.6 Å². The fourth-order valence-electron chi connectivity index (χ4n) is 3.70. The number of hydrogen-bond donors (Lipinski definition) is 1. The molecule has 5 heteroatoms. The molecular weight excluding hydrogens is 333 g/mol. The molecule has 0 spiro atoms. The number of carbonyl (C=O) groups is 1. The molecule has 1 aliphatic rings. The molecule has 2 aromatic carbocycles. The van der Waals surface area contributed by atoms with Crippen LogP contribution in [0.3, 0.4) is 0 Å². The van der Waals surface area contributed by atoms with Gasteiger partial charge in [0.25, 0.3) is 5.91 Å². The first kappa shape index (κ1) is 18.2. The Morgan fingerprint density at radius 2 is 1.73 bits per heavy atom. The smallest absolute Gasteiger partial charge is 0.257 e. The van der Waals surface area contributed by atoms with Crippen LogP contribution < -0.4 is 14.8 Å². The SMILES string of the molecule is COc1ccccc1C1(CNC(=O)COc2ccccc2F)CCCC1. The van der Waals surface area contributed by atoms with Crippen molar-refractivity contribution in [3.05, 3.63) is 59.9 Å². The fourth-order valence-corrected chi connectivity index (χ4v) is 3.70. The van der Waals surface area contributed by atoms with E-state index in [-0.39, 0.29) is 23.7 Å². The molecular formula is C21H24FNO3. The third kappa shape index (κ3) is 3.98. The van der Waals surface area contributed by atoms with E-state index in [0.717, 1.165) is 37.0 Å². The summed E-state index contributed by atoms with van der Waals surface area (Å²) in [5, 5.41) is 2.96. The zero-order valence-electron chi connectivity index (χ0n) is 15.0. The van der Waals surface area contributed by atoms with Crippen LogP contribution in [0.4, 0.5) is 4.39 Å². The van der Waals surface area contributed by atoms with Gasteiger partial charge in [-0.25, -0.2) is 4.39 Å². The van der Waals surface area contributed by atoms with E-state index in [1.54, 1.807) is 19.2 Å². The van der Waals surface area contributed by atoms with Gasteiger partial charge < -0.3 is 14.8 Å². The summed E-state index contributed by atoms with van der Waals surface area (Å²) < 4.78 is 24.4. The number of ether oxygens (including phenoxy) is 2. The van der Waals surface area contributed by atoms with Gasteiger partial charge in [-0.1, -0.05) is 43.2 Å². The molecule has 3 rings (SSSR count). The van der Waals surface area contributed by atoms with E-state index in [4.69, 9.17) is 9.47 Å². The minimum absolute atomic E-state index is 0.0861. The minimum atomic E-state index is -0.471. The number of methoxy groups -OCH3 is 1. The van der Waals surface area contributed by atoms with Crippen molar-refractivity contribution in [3.63, 3.8) is 0 Å². The molecule has 2 aromatic rings. The van der Waals surface area contributed by atoms with E-state index in [1.807, 2.05) is 18.2 Å². The molecule has 0 unspecified atom stereocenters. The first-order valence-corrected chi connectivity index (χ1v) is 8.92. The zero-order chi connectivity index (χ0) is 18.4. The van der Waals surface area contributed by atoms with Gasteiger partial charge in [-0.2, -0.15) is 0 Å². The second-order valence-corrected chi connectivity index (χ2v) is 6.68. The Morgan fingerprint density at radius 3 is 2.42 bits per heavy atom. The number of para-hydroxylation sites is 2. The van der Waals surface area contributed by atoms with Gasteiger partial charge >= 0.3 is 0 Å². The Labute approximate surface area is 153 Å². The summed E-state index contributed by atoms with van der Waals surface area (Å²) in [6, 6.07) is 14.1. The Balaban J connectivity index is 1.64. The molecule has 0 bridgehead atoms. The highest BCUT2D eigenvalue weighted by Gasteiger charge is 2.38. The second-order valence-electron chi connectivity index (χ2n) is 6.68. The quantitative estimate of drug-likeness (QED) is 0.819. The molecule has 0 heterocycles. The lowest BCUT2D eigenvalue weighted by atomic mass is 9.78. The molecule has 26 heavy (non-hydrogen) atoms. The van der Waals surface area contributed by atoms with E-state index in [0.29, 0.717) is 6.54 Å². The lowest BCUT2D eigenvalue weighted by molar-refractivity contribution is -0.123. The molecule has 0 radical (unpaired) electrons. The standard InChI is InChI=1S/C21H24FNO3/c1-25-18-10-4-2-8-16(18)21(12-6-7-13-21)15-23-20(24)14-26-19-11-5-3-9-17(19)22/h2-5,8-11H,6-7,12-15H2,1H3,(H,23,24). The predicted molar refractivity (Wildman–Crippen MR) is 98.0 cm³/mol. The van der Waals surface area contributed by atoms with Crippen LogP contribution in [0.25, 0.3) is 0 Å². The number of halogens is 1. The molecule has 138 valence electrons. The van der Waals surface area contributed by atoms with Gasteiger partial charge in [-0.15, -0.1) is 0 Å². The van der Waals surface area contributed by atoms with Crippen molar-refractivity contribution in [2.75, 3.05) is 20.3 Å². The van der Waals surface area contributed by atoms with Gasteiger partial charge in [0.1, 0.15) is 5.75 Å². The van der Waals surface area contributed by atoms with Crippen molar-refractivity contribution < 1.29 is 18.7 Å². The van der Waals surface area contributed by atoms with Crippen LogP contribution in [0, 0.1) is 5.82 Å². The van der Waals surface area contributed by atoms with E-state index < -0.39 is 5.82 Å². The fraction of sp³-hybridized carbons (Fsp3) is 0.381. The molecule has 0 atom stereocenters. The van der Waals surface area contributed by atoms with Gasteiger partial charge in [0.05, 0.1) is 7.11 Å². The maximum atomic E-state index is 13.6. The maximum Gasteiger partial charge on any atom is 0.257 e. The van der Waals surface area contributed by atoms with Gasteiger partial charge in [0.15, 0.2) is 18.2 Å². The van der Waals surface area contributed by atoms with Crippen LogP contribution in [0.2, 0.25) is 0 Å². The van der Waals surface area contributed by atoms with Crippen LogP contribution in [0.5, 0.6) is 11.5 Å². The van der Waals surface area contributed by atoms with Crippen LogP contribution in [0.15, 0.2) is 48.5 Å². The van der Waals surface area contributed by atoms with Crippen LogP contribution >= 0.6 is 0 Å². The Bertz CT molecular complexity index is 756. The average Bonchev–Trinajstić information content (AvgIpc) is 3.16. The number of carbonyl (C=O) groups excluding carboxylic acids is 1. The number of hydrogen-bond acceptors (Lipinski definition) is 3. The molecule has 1 fully saturated rings. The lowest BCUT2D eigenvalue weighted by Gasteiger charge is -2.31. The van der Waals surface area contributed by atoms with Gasteiger partial charge in [-0.05, 0) is 31.0 Å². The summed E-state index contributed by atoms with van der Waals surface area (Å²) in [4.78, 5) is 12.2. The molecule has 1 amide bonds. The van der Waals surface area contributed by atoms with Crippen molar-refractivity contribution in [1.82, 2.24) is 5.32 Å².